The molecule has 19 heavy (non-hydrogen) atoms. The minimum absolute atomic E-state index is 0.0451. The van der Waals surface area contributed by atoms with Crippen LogP contribution in [0.2, 0.25) is 0 Å². The lowest BCUT2D eigenvalue weighted by molar-refractivity contribution is -0.142. The Hall–Kier alpha value is -1.46. The summed E-state index contributed by atoms with van der Waals surface area (Å²) in [5.74, 6) is 0.169. The number of pyridine rings is 1. The zero-order valence-electron chi connectivity index (χ0n) is 11.2. The summed E-state index contributed by atoms with van der Waals surface area (Å²) in [6.07, 6.45) is 4.77. The van der Waals surface area contributed by atoms with Gasteiger partial charge in [-0.1, -0.05) is 0 Å². The first-order chi connectivity index (χ1) is 9.31. The standard InChI is InChI=1S/C14H20N2O3/c1-18-10-13-11-19-9-8-16(13)14(17)3-2-12-4-6-15-7-5-12/h4-7,13H,2-3,8-11H2,1H3. The minimum Gasteiger partial charge on any atom is -0.382 e. The van der Waals surface area contributed by atoms with Crippen LogP contribution in [0.25, 0.3) is 0 Å². The number of ether oxygens (including phenoxy) is 2. The van der Waals surface area contributed by atoms with Gasteiger partial charge in [-0.25, -0.2) is 0 Å². The number of morpholine rings is 1. The molecule has 0 saturated carbocycles. The Labute approximate surface area is 113 Å². The van der Waals surface area contributed by atoms with Crippen molar-refractivity contribution in [3.05, 3.63) is 30.1 Å². The summed E-state index contributed by atoms with van der Waals surface area (Å²) in [7, 11) is 1.65. The molecule has 1 saturated heterocycles. The Kier molecular flexibility index (Phi) is 5.30. The minimum atomic E-state index is 0.0451. The molecule has 0 bridgehead atoms. The van der Waals surface area contributed by atoms with Crippen molar-refractivity contribution in [1.29, 1.82) is 0 Å². The normalized spacial score (nSPS) is 19.4. The van der Waals surface area contributed by atoms with E-state index in [0.29, 0.717) is 32.8 Å². The fourth-order valence-electron chi connectivity index (χ4n) is 2.26. The van der Waals surface area contributed by atoms with Gasteiger partial charge < -0.3 is 14.4 Å². The molecule has 0 N–H and O–H groups in total. The first-order valence-corrected chi connectivity index (χ1v) is 6.56. The first-order valence-electron chi connectivity index (χ1n) is 6.56. The van der Waals surface area contributed by atoms with E-state index in [-0.39, 0.29) is 11.9 Å². The average molecular weight is 264 g/mol. The van der Waals surface area contributed by atoms with E-state index in [2.05, 4.69) is 4.98 Å². The van der Waals surface area contributed by atoms with Gasteiger partial charge in [-0.3, -0.25) is 9.78 Å². The van der Waals surface area contributed by atoms with Gasteiger partial charge in [-0.05, 0) is 24.1 Å². The van der Waals surface area contributed by atoms with Crippen LogP contribution in [0.3, 0.4) is 0 Å². The molecule has 0 spiro atoms. The molecule has 1 unspecified atom stereocenters. The molecule has 104 valence electrons. The monoisotopic (exact) mass is 264 g/mol. The highest BCUT2D eigenvalue weighted by Crippen LogP contribution is 2.11. The Morgan fingerprint density at radius 3 is 3.05 bits per heavy atom. The molecule has 2 rings (SSSR count). The smallest absolute Gasteiger partial charge is 0.223 e. The van der Waals surface area contributed by atoms with Gasteiger partial charge in [0, 0.05) is 32.5 Å². The van der Waals surface area contributed by atoms with Crippen LogP contribution >= 0.6 is 0 Å². The number of carbonyl (C=O) groups excluding carboxylic acids is 1. The number of aryl methyl sites for hydroxylation is 1. The van der Waals surface area contributed by atoms with Crippen LogP contribution in [0.15, 0.2) is 24.5 Å². The van der Waals surface area contributed by atoms with Crippen LogP contribution in [0, 0.1) is 0 Å². The fourth-order valence-corrected chi connectivity index (χ4v) is 2.26. The number of carbonyl (C=O) groups is 1. The third-order valence-corrected chi connectivity index (χ3v) is 3.28. The van der Waals surface area contributed by atoms with Crippen molar-refractivity contribution in [1.82, 2.24) is 9.88 Å². The van der Waals surface area contributed by atoms with E-state index in [1.807, 2.05) is 17.0 Å². The van der Waals surface area contributed by atoms with Crippen molar-refractivity contribution in [2.75, 3.05) is 33.5 Å². The Morgan fingerprint density at radius 1 is 1.53 bits per heavy atom. The molecule has 1 aromatic heterocycles. The molecule has 1 aliphatic rings. The summed E-state index contributed by atoms with van der Waals surface area (Å²) in [5.41, 5.74) is 1.14. The molecule has 0 aliphatic carbocycles. The number of amides is 1. The summed E-state index contributed by atoms with van der Waals surface area (Å²) in [6, 6.07) is 3.93. The first kappa shape index (κ1) is 14.0. The predicted molar refractivity (Wildman–Crippen MR) is 70.8 cm³/mol. The average Bonchev–Trinajstić information content (AvgIpc) is 2.47. The topological polar surface area (TPSA) is 51.7 Å². The quantitative estimate of drug-likeness (QED) is 0.792. The molecule has 0 radical (unpaired) electrons. The third-order valence-electron chi connectivity index (χ3n) is 3.28. The summed E-state index contributed by atoms with van der Waals surface area (Å²) in [4.78, 5) is 18.1. The SMILES string of the molecule is COCC1COCCN1C(=O)CCc1ccncc1. The van der Waals surface area contributed by atoms with E-state index >= 15 is 0 Å². The summed E-state index contributed by atoms with van der Waals surface area (Å²) < 4.78 is 10.5. The zero-order valence-corrected chi connectivity index (χ0v) is 11.2. The number of nitrogens with zero attached hydrogens (tertiary/aromatic N) is 2. The zero-order chi connectivity index (χ0) is 13.5. The van der Waals surface area contributed by atoms with E-state index in [1.165, 1.54) is 0 Å². The molecule has 1 aromatic rings. The van der Waals surface area contributed by atoms with Gasteiger partial charge in [0.25, 0.3) is 0 Å². The van der Waals surface area contributed by atoms with E-state index in [1.54, 1.807) is 19.5 Å². The van der Waals surface area contributed by atoms with Gasteiger partial charge in [0.05, 0.1) is 25.9 Å². The van der Waals surface area contributed by atoms with Gasteiger partial charge in [-0.2, -0.15) is 0 Å². The molecular weight excluding hydrogens is 244 g/mol. The van der Waals surface area contributed by atoms with E-state index in [0.717, 1.165) is 12.0 Å². The number of aromatic nitrogens is 1. The molecule has 1 amide bonds. The highest BCUT2D eigenvalue weighted by molar-refractivity contribution is 5.77. The van der Waals surface area contributed by atoms with Gasteiger partial charge in [0.15, 0.2) is 0 Å². The van der Waals surface area contributed by atoms with Crippen molar-refractivity contribution in [2.24, 2.45) is 0 Å². The van der Waals surface area contributed by atoms with Crippen LogP contribution in [0.5, 0.6) is 0 Å². The molecule has 1 atom stereocenters. The molecule has 2 heterocycles. The second-order valence-corrected chi connectivity index (χ2v) is 4.63. The third kappa shape index (κ3) is 4.01. The lowest BCUT2D eigenvalue weighted by atomic mass is 10.1. The van der Waals surface area contributed by atoms with Crippen LogP contribution in [-0.4, -0.2) is 55.3 Å². The van der Waals surface area contributed by atoms with Crippen LogP contribution in [0.4, 0.5) is 0 Å². The lowest BCUT2D eigenvalue weighted by Crippen LogP contribution is -2.50. The molecule has 0 aromatic carbocycles. The largest absolute Gasteiger partial charge is 0.382 e. The summed E-state index contributed by atoms with van der Waals surface area (Å²) in [5, 5.41) is 0. The van der Waals surface area contributed by atoms with E-state index in [4.69, 9.17) is 9.47 Å². The number of methoxy groups -OCH3 is 1. The van der Waals surface area contributed by atoms with Crippen molar-refractivity contribution in [3.8, 4) is 0 Å². The summed E-state index contributed by atoms with van der Waals surface area (Å²) in [6.45, 7) is 2.36. The van der Waals surface area contributed by atoms with E-state index < -0.39 is 0 Å². The van der Waals surface area contributed by atoms with Crippen LogP contribution in [-0.2, 0) is 20.7 Å². The molecular formula is C14H20N2O3. The van der Waals surface area contributed by atoms with Gasteiger partial charge in [0.1, 0.15) is 0 Å². The van der Waals surface area contributed by atoms with E-state index in [9.17, 15) is 4.79 Å². The fraction of sp³-hybridized carbons (Fsp3) is 0.571. The van der Waals surface area contributed by atoms with Crippen molar-refractivity contribution >= 4 is 5.91 Å². The highest BCUT2D eigenvalue weighted by atomic mass is 16.5. The molecule has 1 aliphatic heterocycles. The maximum Gasteiger partial charge on any atom is 0.223 e. The van der Waals surface area contributed by atoms with Crippen molar-refractivity contribution < 1.29 is 14.3 Å². The van der Waals surface area contributed by atoms with Crippen molar-refractivity contribution in [3.63, 3.8) is 0 Å². The maximum atomic E-state index is 12.3. The Balaban J connectivity index is 1.87. The Morgan fingerprint density at radius 2 is 2.32 bits per heavy atom. The predicted octanol–water partition coefficient (Wildman–Crippen LogP) is 0.888. The van der Waals surface area contributed by atoms with Crippen LogP contribution in [0.1, 0.15) is 12.0 Å². The van der Waals surface area contributed by atoms with Crippen molar-refractivity contribution in [2.45, 2.75) is 18.9 Å². The molecule has 5 nitrogen and oxygen atoms in total. The number of rotatable bonds is 5. The highest BCUT2D eigenvalue weighted by Gasteiger charge is 2.26. The second-order valence-electron chi connectivity index (χ2n) is 4.63. The maximum absolute atomic E-state index is 12.3. The number of hydrogen-bond acceptors (Lipinski definition) is 4. The number of hydrogen-bond donors (Lipinski definition) is 0. The van der Waals surface area contributed by atoms with Gasteiger partial charge in [-0.15, -0.1) is 0 Å². The lowest BCUT2D eigenvalue weighted by Gasteiger charge is -2.35. The van der Waals surface area contributed by atoms with Gasteiger partial charge >= 0.3 is 0 Å². The molecule has 1 fully saturated rings. The molecule has 5 heteroatoms. The van der Waals surface area contributed by atoms with Crippen LogP contribution < -0.4 is 0 Å². The van der Waals surface area contributed by atoms with Gasteiger partial charge in [0.2, 0.25) is 5.91 Å². The second kappa shape index (κ2) is 7.21. The Bertz CT molecular complexity index is 395. The summed E-state index contributed by atoms with van der Waals surface area (Å²) >= 11 is 0.